The van der Waals surface area contributed by atoms with Crippen molar-refractivity contribution < 1.29 is 9.47 Å². The van der Waals surface area contributed by atoms with Crippen molar-refractivity contribution in [3.8, 4) is 0 Å². The van der Waals surface area contributed by atoms with Crippen molar-refractivity contribution in [2.75, 3.05) is 33.4 Å². The fourth-order valence-corrected chi connectivity index (χ4v) is 2.41. The van der Waals surface area contributed by atoms with Crippen LogP contribution in [-0.4, -0.2) is 39.4 Å². The fourth-order valence-electron chi connectivity index (χ4n) is 2.41. The normalized spacial score (nSPS) is 11.8. The first-order valence-corrected chi connectivity index (χ1v) is 9.33. The first-order valence-electron chi connectivity index (χ1n) is 9.33. The Hall–Kier alpha value is -1.59. The van der Waals surface area contributed by atoms with Crippen molar-refractivity contribution in [2.24, 2.45) is 10.9 Å². The van der Waals surface area contributed by atoms with E-state index in [-0.39, 0.29) is 0 Å². The third-order valence-electron chi connectivity index (χ3n) is 3.77. The number of ether oxygens (including phenoxy) is 2. The summed E-state index contributed by atoms with van der Waals surface area (Å²) in [5.74, 6) is 1.59. The highest BCUT2D eigenvalue weighted by molar-refractivity contribution is 5.79. The molecule has 0 bridgehead atoms. The van der Waals surface area contributed by atoms with Gasteiger partial charge in [-0.3, -0.25) is 4.99 Å². The lowest BCUT2D eigenvalue weighted by Gasteiger charge is -2.13. The molecule has 142 valence electrons. The summed E-state index contributed by atoms with van der Waals surface area (Å²) in [6.45, 7) is 10.8. The van der Waals surface area contributed by atoms with Crippen LogP contribution in [0.4, 0.5) is 0 Å². The molecule has 1 aromatic carbocycles. The molecule has 0 aliphatic carbocycles. The second-order valence-corrected chi connectivity index (χ2v) is 6.46. The lowest BCUT2D eigenvalue weighted by Crippen LogP contribution is -2.37. The Balaban J connectivity index is 2.31. The largest absolute Gasteiger partial charge is 0.379 e. The van der Waals surface area contributed by atoms with Crippen molar-refractivity contribution in [1.29, 1.82) is 0 Å². The SMILES string of the molecule is CCOCCOCc1cccc(CNC(=NC)NCCCC(C)C)c1. The molecule has 25 heavy (non-hydrogen) atoms. The molecule has 2 N–H and O–H groups in total. The van der Waals surface area contributed by atoms with Crippen LogP contribution in [0.2, 0.25) is 0 Å². The van der Waals surface area contributed by atoms with Gasteiger partial charge in [-0.25, -0.2) is 0 Å². The van der Waals surface area contributed by atoms with E-state index in [0.717, 1.165) is 38.0 Å². The highest BCUT2D eigenvalue weighted by Gasteiger charge is 2.01. The van der Waals surface area contributed by atoms with E-state index in [1.807, 2.05) is 6.92 Å². The minimum atomic E-state index is 0.614. The third-order valence-corrected chi connectivity index (χ3v) is 3.77. The van der Waals surface area contributed by atoms with Crippen LogP contribution in [0.15, 0.2) is 29.3 Å². The summed E-state index contributed by atoms with van der Waals surface area (Å²) < 4.78 is 10.9. The second kappa shape index (κ2) is 13.7. The van der Waals surface area contributed by atoms with Crippen molar-refractivity contribution in [2.45, 2.75) is 46.8 Å². The zero-order valence-corrected chi connectivity index (χ0v) is 16.3. The van der Waals surface area contributed by atoms with Crippen LogP contribution in [0.25, 0.3) is 0 Å². The van der Waals surface area contributed by atoms with E-state index < -0.39 is 0 Å². The molecule has 5 nitrogen and oxygen atoms in total. The average Bonchev–Trinajstić information content (AvgIpc) is 2.61. The maximum atomic E-state index is 5.63. The molecule has 1 rings (SSSR count). The first kappa shape index (κ1) is 21.5. The molecule has 0 saturated heterocycles. The smallest absolute Gasteiger partial charge is 0.191 e. The fraction of sp³-hybridized carbons (Fsp3) is 0.650. The number of aliphatic imine (C=N–C) groups is 1. The Morgan fingerprint density at radius 2 is 1.88 bits per heavy atom. The molecular formula is C20H35N3O2. The molecule has 0 saturated carbocycles. The number of guanidine groups is 1. The van der Waals surface area contributed by atoms with E-state index in [0.29, 0.717) is 19.8 Å². The van der Waals surface area contributed by atoms with Gasteiger partial charge in [-0.1, -0.05) is 38.1 Å². The van der Waals surface area contributed by atoms with E-state index in [9.17, 15) is 0 Å². The summed E-state index contributed by atoms with van der Waals surface area (Å²) in [6, 6.07) is 8.43. The number of nitrogens with one attached hydrogen (secondary N) is 2. The Bertz CT molecular complexity index is 490. The summed E-state index contributed by atoms with van der Waals surface area (Å²) in [4.78, 5) is 4.28. The molecule has 0 heterocycles. The standard InChI is InChI=1S/C20H35N3O2/c1-5-24-12-13-25-16-19-10-6-9-18(14-19)15-23-20(21-4)22-11-7-8-17(2)3/h6,9-10,14,17H,5,7-8,11-13,15-16H2,1-4H3,(H2,21,22,23). The molecule has 0 aliphatic rings. The van der Waals surface area contributed by atoms with Crippen molar-refractivity contribution in [1.82, 2.24) is 10.6 Å². The van der Waals surface area contributed by atoms with Gasteiger partial charge in [0.15, 0.2) is 5.96 Å². The van der Waals surface area contributed by atoms with Gasteiger partial charge in [0.1, 0.15) is 0 Å². The molecule has 5 heteroatoms. The number of hydrogen-bond acceptors (Lipinski definition) is 3. The number of hydrogen-bond donors (Lipinski definition) is 2. The van der Waals surface area contributed by atoms with E-state index in [4.69, 9.17) is 9.47 Å². The molecule has 0 fully saturated rings. The first-order chi connectivity index (χ1) is 12.2. The highest BCUT2D eigenvalue weighted by Crippen LogP contribution is 2.07. The molecule has 0 amide bonds. The topological polar surface area (TPSA) is 54.9 Å². The van der Waals surface area contributed by atoms with Gasteiger partial charge >= 0.3 is 0 Å². The van der Waals surface area contributed by atoms with Gasteiger partial charge in [0.2, 0.25) is 0 Å². The molecule has 0 aliphatic heterocycles. The lowest BCUT2D eigenvalue weighted by atomic mass is 10.1. The van der Waals surface area contributed by atoms with Gasteiger partial charge in [0.25, 0.3) is 0 Å². The van der Waals surface area contributed by atoms with Crippen LogP contribution in [0, 0.1) is 5.92 Å². The maximum Gasteiger partial charge on any atom is 0.191 e. The van der Waals surface area contributed by atoms with Crippen molar-refractivity contribution in [3.05, 3.63) is 35.4 Å². The monoisotopic (exact) mass is 349 g/mol. The predicted molar refractivity (Wildman–Crippen MR) is 105 cm³/mol. The van der Waals surface area contributed by atoms with Crippen LogP contribution >= 0.6 is 0 Å². The summed E-state index contributed by atoms with van der Waals surface area (Å²) in [7, 11) is 1.81. The van der Waals surface area contributed by atoms with Crippen LogP contribution in [0.5, 0.6) is 0 Å². The molecule has 0 radical (unpaired) electrons. The van der Waals surface area contributed by atoms with Crippen LogP contribution in [-0.2, 0) is 22.6 Å². The Kier molecular flexibility index (Phi) is 11.7. The van der Waals surface area contributed by atoms with Gasteiger partial charge in [0, 0.05) is 26.7 Å². The summed E-state index contributed by atoms with van der Waals surface area (Å²) in [6.07, 6.45) is 2.39. The average molecular weight is 350 g/mol. The Labute approximate surface area is 153 Å². The Morgan fingerprint density at radius 1 is 1.12 bits per heavy atom. The molecule has 0 aromatic heterocycles. The number of benzene rings is 1. The zero-order chi connectivity index (χ0) is 18.3. The third kappa shape index (κ3) is 10.8. The number of rotatable bonds is 12. The minimum Gasteiger partial charge on any atom is -0.379 e. The summed E-state index contributed by atoms with van der Waals surface area (Å²) in [5.41, 5.74) is 2.40. The van der Waals surface area contributed by atoms with Crippen molar-refractivity contribution >= 4 is 5.96 Å². The number of nitrogens with zero attached hydrogens (tertiary/aromatic N) is 1. The van der Waals surface area contributed by atoms with Gasteiger partial charge in [-0.15, -0.1) is 0 Å². The molecule has 1 aromatic rings. The predicted octanol–water partition coefficient (Wildman–Crippen LogP) is 3.34. The van der Waals surface area contributed by atoms with E-state index >= 15 is 0 Å². The van der Waals surface area contributed by atoms with E-state index in [1.165, 1.54) is 17.5 Å². The highest BCUT2D eigenvalue weighted by atomic mass is 16.5. The van der Waals surface area contributed by atoms with Crippen LogP contribution in [0.3, 0.4) is 0 Å². The van der Waals surface area contributed by atoms with Gasteiger partial charge in [0.05, 0.1) is 19.8 Å². The second-order valence-electron chi connectivity index (χ2n) is 6.46. The lowest BCUT2D eigenvalue weighted by molar-refractivity contribution is 0.0453. The van der Waals surface area contributed by atoms with E-state index in [1.54, 1.807) is 7.05 Å². The van der Waals surface area contributed by atoms with Gasteiger partial charge < -0.3 is 20.1 Å². The summed E-state index contributed by atoms with van der Waals surface area (Å²) >= 11 is 0. The van der Waals surface area contributed by atoms with Crippen molar-refractivity contribution in [3.63, 3.8) is 0 Å². The molecular weight excluding hydrogens is 314 g/mol. The zero-order valence-electron chi connectivity index (χ0n) is 16.3. The quantitative estimate of drug-likeness (QED) is 0.345. The van der Waals surface area contributed by atoms with Crippen LogP contribution < -0.4 is 10.6 Å². The van der Waals surface area contributed by atoms with E-state index in [2.05, 4.69) is 53.7 Å². The summed E-state index contributed by atoms with van der Waals surface area (Å²) in [5, 5.41) is 6.73. The van der Waals surface area contributed by atoms with Gasteiger partial charge in [-0.05, 0) is 36.8 Å². The van der Waals surface area contributed by atoms with Crippen LogP contribution in [0.1, 0.15) is 44.7 Å². The minimum absolute atomic E-state index is 0.614. The maximum absolute atomic E-state index is 5.63. The molecule has 0 spiro atoms. The Morgan fingerprint density at radius 3 is 2.60 bits per heavy atom. The van der Waals surface area contributed by atoms with Gasteiger partial charge in [-0.2, -0.15) is 0 Å². The molecule has 0 atom stereocenters. The molecule has 0 unspecified atom stereocenters.